The van der Waals surface area contributed by atoms with Gasteiger partial charge in [0.25, 0.3) is 0 Å². The number of thioether (sulfide) groups is 1. The van der Waals surface area contributed by atoms with E-state index in [2.05, 4.69) is 0 Å². The summed E-state index contributed by atoms with van der Waals surface area (Å²) in [5.74, 6) is 0.0284. The summed E-state index contributed by atoms with van der Waals surface area (Å²) in [7, 11) is 0. The summed E-state index contributed by atoms with van der Waals surface area (Å²) < 4.78 is 0. The number of phenols is 1. The highest BCUT2D eigenvalue weighted by atomic mass is 32.2. The second kappa shape index (κ2) is 5.45. The van der Waals surface area contributed by atoms with Crippen molar-refractivity contribution in [3.05, 3.63) is 29.3 Å². The van der Waals surface area contributed by atoms with Crippen LogP contribution in [0.15, 0.2) is 18.2 Å². The molecule has 0 aliphatic heterocycles. The Balaban J connectivity index is 2.84. The highest BCUT2D eigenvalue weighted by Crippen LogP contribution is 2.34. The molecule has 0 bridgehead atoms. The molecule has 3 nitrogen and oxygen atoms in total. The Morgan fingerprint density at radius 2 is 2.00 bits per heavy atom. The van der Waals surface area contributed by atoms with Crippen molar-refractivity contribution in [1.29, 1.82) is 0 Å². The largest absolute Gasteiger partial charge is 0.507 e. The number of aliphatic carboxylic acids is 1. The molecule has 0 saturated carbocycles. The zero-order chi connectivity index (χ0) is 13.1. The summed E-state index contributed by atoms with van der Waals surface area (Å²) in [6.45, 7) is 6.11. The van der Waals surface area contributed by atoms with Gasteiger partial charge in [-0.25, -0.2) is 0 Å². The zero-order valence-electron chi connectivity index (χ0n) is 10.4. The van der Waals surface area contributed by atoms with E-state index in [1.165, 1.54) is 11.8 Å². The molecule has 1 aromatic rings. The van der Waals surface area contributed by atoms with Crippen LogP contribution in [-0.2, 0) is 16.0 Å². The maximum absolute atomic E-state index is 10.4. The first-order valence-electron chi connectivity index (χ1n) is 5.43. The lowest BCUT2D eigenvalue weighted by molar-refractivity contribution is -0.133. The fraction of sp³-hybridized carbons (Fsp3) is 0.462. The van der Waals surface area contributed by atoms with Crippen LogP contribution in [0.4, 0.5) is 0 Å². The minimum absolute atomic E-state index is 0.0547. The Hall–Kier alpha value is -1.16. The van der Waals surface area contributed by atoms with Crippen molar-refractivity contribution in [3.63, 3.8) is 0 Å². The predicted molar refractivity (Wildman–Crippen MR) is 70.6 cm³/mol. The number of carboxylic acid groups (broad SMARTS) is 1. The topological polar surface area (TPSA) is 57.5 Å². The van der Waals surface area contributed by atoms with E-state index in [0.717, 1.165) is 11.1 Å². The number of rotatable bonds is 4. The fourth-order valence-corrected chi connectivity index (χ4v) is 2.29. The number of aromatic hydroxyl groups is 1. The van der Waals surface area contributed by atoms with Gasteiger partial charge in [0.15, 0.2) is 0 Å². The second-order valence-corrected chi connectivity index (χ2v) is 5.94. The number of para-hydroxylation sites is 1. The Bertz CT molecular complexity index is 408. The van der Waals surface area contributed by atoms with Crippen molar-refractivity contribution in [1.82, 2.24) is 0 Å². The van der Waals surface area contributed by atoms with Crippen LogP contribution in [0.3, 0.4) is 0 Å². The first-order chi connectivity index (χ1) is 7.82. The van der Waals surface area contributed by atoms with Gasteiger partial charge >= 0.3 is 5.97 Å². The fourth-order valence-electron chi connectivity index (χ4n) is 1.56. The summed E-state index contributed by atoms with van der Waals surface area (Å²) in [6.07, 6.45) is 0. The molecule has 17 heavy (non-hydrogen) atoms. The Morgan fingerprint density at radius 3 is 2.53 bits per heavy atom. The van der Waals surface area contributed by atoms with Gasteiger partial charge in [0, 0.05) is 11.3 Å². The third-order valence-corrected chi connectivity index (χ3v) is 3.38. The van der Waals surface area contributed by atoms with E-state index in [1.807, 2.05) is 39.0 Å². The summed E-state index contributed by atoms with van der Waals surface area (Å²) in [6, 6.07) is 5.64. The molecule has 0 aromatic heterocycles. The quantitative estimate of drug-likeness (QED) is 0.867. The average Bonchev–Trinajstić information content (AvgIpc) is 2.18. The number of carboxylic acids is 1. The summed E-state index contributed by atoms with van der Waals surface area (Å²) in [5.41, 5.74) is 1.58. The van der Waals surface area contributed by atoms with Crippen LogP contribution in [0.5, 0.6) is 5.75 Å². The molecule has 0 heterocycles. The average molecular weight is 254 g/mol. The highest BCUT2D eigenvalue weighted by molar-refractivity contribution is 7.99. The van der Waals surface area contributed by atoms with Crippen molar-refractivity contribution in [2.24, 2.45) is 0 Å². The van der Waals surface area contributed by atoms with Crippen molar-refractivity contribution in [3.8, 4) is 5.75 Å². The van der Waals surface area contributed by atoms with Crippen LogP contribution in [0, 0.1) is 0 Å². The molecular formula is C13H18O3S. The number of hydrogen-bond donors (Lipinski definition) is 2. The SMILES string of the molecule is CC(C)(C)c1cccc(CSCC(=O)O)c1O. The van der Waals surface area contributed by atoms with E-state index in [-0.39, 0.29) is 16.9 Å². The molecule has 0 unspecified atom stereocenters. The smallest absolute Gasteiger partial charge is 0.313 e. The van der Waals surface area contributed by atoms with E-state index in [9.17, 15) is 9.90 Å². The van der Waals surface area contributed by atoms with Crippen LogP contribution in [-0.4, -0.2) is 21.9 Å². The van der Waals surface area contributed by atoms with Crippen molar-refractivity contribution in [2.75, 3.05) is 5.75 Å². The van der Waals surface area contributed by atoms with E-state index >= 15 is 0 Å². The molecule has 0 atom stereocenters. The minimum Gasteiger partial charge on any atom is -0.507 e. The molecule has 0 saturated heterocycles. The third-order valence-electron chi connectivity index (χ3n) is 2.41. The van der Waals surface area contributed by atoms with Gasteiger partial charge < -0.3 is 10.2 Å². The molecule has 0 aliphatic rings. The Labute approximate surface area is 106 Å². The second-order valence-electron chi connectivity index (χ2n) is 4.95. The zero-order valence-corrected chi connectivity index (χ0v) is 11.2. The summed E-state index contributed by atoms with van der Waals surface area (Å²) in [5, 5.41) is 18.7. The van der Waals surface area contributed by atoms with Gasteiger partial charge in [-0.2, -0.15) is 0 Å². The number of phenolic OH excluding ortho intramolecular Hbond substituents is 1. The first kappa shape index (κ1) is 13.9. The standard InChI is InChI=1S/C13H18O3S/c1-13(2,3)10-6-4-5-9(12(10)16)7-17-8-11(14)15/h4-6,16H,7-8H2,1-3H3,(H,14,15). The number of benzene rings is 1. The summed E-state index contributed by atoms with van der Waals surface area (Å²) in [4.78, 5) is 10.4. The normalized spacial score (nSPS) is 11.5. The van der Waals surface area contributed by atoms with E-state index in [1.54, 1.807) is 0 Å². The molecule has 94 valence electrons. The van der Waals surface area contributed by atoms with Crippen LogP contribution < -0.4 is 0 Å². The Kier molecular flexibility index (Phi) is 4.46. The molecule has 1 rings (SSSR count). The van der Waals surface area contributed by atoms with E-state index in [4.69, 9.17) is 5.11 Å². The molecule has 0 radical (unpaired) electrons. The Morgan fingerprint density at radius 1 is 1.35 bits per heavy atom. The predicted octanol–water partition coefficient (Wildman–Crippen LogP) is 3.01. The summed E-state index contributed by atoms with van der Waals surface area (Å²) >= 11 is 1.29. The van der Waals surface area contributed by atoms with Gasteiger partial charge in [-0.05, 0) is 11.0 Å². The lowest BCUT2D eigenvalue weighted by Crippen LogP contribution is -2.11. The van der Waals surface area contributed by atoms with Gasteiger partial charge in [0.05, 0.1) is 5.75 Å². The molecule has 2 N–H and O–H groups in total. The van der Waals surface area contributed by atoms with E-state index < -0.39 is 5.97 Å². The molecule has 0 spiro atoms. The van der Waals surface area contributed by atoms with Gasteiger partial charge in [0.2, 0.25) is 0 Å². The van der Waals surface area contributed by atoms with Crippen molar-refractivity contribution < 1.29 is 15.0 Å². The van der Waals surface area contributed by atoms with Crippen LogP contribution >= 0.6 is 11.8 Å². The molecule has 0 aliphatic carbocycles. The third kappa shape index (κ3) is 3.97. The highest BCUT2D eigenvalue weighted by Gasteiger charge is 2.19. The minimum atomic E-state index is -0.832. The van der Waals surface area contributed by atoms with Crippen LogP contribution in [0.2, 0.25) is 0 Å². The molecule has 0 amide bonds. The van der Waals surface area contributed by atoms with Crippen molar-refractivity contribution >= 4 is 17.7 Å². The molecule has 0 fully saturated rings. The van der Waals surface area contributed by atoms with E-state index in [0.29, 0.717) is 5.75 Å². The maximum Gasteiger partial charge on any atom is 0.313 e. The molecule has 1 aromatic carbocycles. The van der Waals surface area contributed by atoms with Crippen LogP contribution in [0.1, 0.15) is 31.9 Å². The lowest BCUT2D eigenvalue weighted by atomic mass is 9.85. The van der Waals surface area contributed by atoms with Crippen molar-refractivity contribution in [2.45, 2.75) is 31.9 Å². The van der Waals surface area contributed by atoms with Gasteiger partial charge in [-0.3, -0.25) is 4.79 Å². The van der Waals surface area contributed by atoms with Gasteiger partial charge in [-0.15, -0.1) is 11.8 Å². The number of hydrogen-bond acceptors (Lipinski definition) is 3. The van der Waals surface area contributed by atoms with Gasteiger partial charge in [-0.1, -0.05) is 39.0 Å². The van der Waals surface area contributed by atoms with Crippen LogP contribution in [0.25, 0.3) is 0 Å². The lowest BCUT2D eigenvalue weighted by Gasteiger charge is -2.21. The monoisotopic (exact) mass is 254 g/mol. The van der Waals surface area contributed by atoms with Gasteiger partial charge in [0.1, 0.15) is 5.75 Å². The maximum atomic E-state index is 10.4. The molecular weight excluding hydrogens is 236 g/mol. The number of carbonyl (C=O) groups is 1. The first-order valence-corrected chi connectivity index (χ1v) is 6.58. The molecule has 4 heteroatoms.